The molecule has 0 fully saturated rings. The lowest BCUT2D eigenvalue weighted by Crippen LogP contribution is -2.10. The highest BCUT2D eigenvalue weighted by Crippen LogP contribution is 2.46. The van der Waals surface area contributed by atoms with Gasteiger partial charge in [0.05, 0.1) is 22.1 Å². The molecule has 0 amide bonds. The van der Waals surface area contributed by atoms with E-state index in [1.54, 1.807) is 0 Å². The van der Waals surface area contributed by atoms with E-state index in [1.807, 2.05) is 12.1 Å². The normalized spacial score (nSPS) is 11.9. The summed E-state index contributed by atoms with van der Waals surface area (Å²) in [5, 5.41) is 9.11. The highest BCUT2D eigenvalue weighted by atomic mass is 16.3. The zero-order chi connectivity index (χ0) is 36.7. The summed E-state index contributed by atoms with van der Waals surface area (Å²) >= 11 is 0. The minimum absolute atomic E-state index is 0.850. The van der Waals surface area contributed by atoms with Crippen LogP contribution in [-0.2, 0) is 0 Å². The van der Waals surface area contributed by atoms with Crippen LogP contribution in [0.25, 0.3) is 93.3 Å². The van der Waals surface area contributed by atoms with Crippen molar-refractivity contribution < 1.29 is 8.83 Å². The molecule has 0 radical (unpaired) electrons. The van der Waals surface area contributed by atoms with Gasteiger partial charge in [-0.2, -0.15) is 0 Å². The molecule has 262 valence electrons. The number of rotatable bonds is 5. The van der Waals surface area contributed by atoms with Crippen LogP contribution in [0, 0.1) is 0 Å². The van der Waals surface area contributed by atoms with Gasteiger partial charge in [0.1, 0.15) is 22.3 Å². The highest BCUT2D eigenvalue weighted by molar-refractivity contribution is 6.20. The third-order valence-corrected chi connectivity index (χ3v) is 11.4. The number of anilines is 3. The molecule has 4 heteroatoms. The summed E-state index contributed by atoms with van der Waals surface area (Å²) in [5.41, 5.74) is 12.4. The molecule has 0 spiro atoms. The molecule has 56 heavy (non-hydrogen) atoms. The Hall–Kier alpha value is -7.56. The third-order valence-electron chi connectivity index (χ3n) is 11.4. The Labute approximate surface area is 321 Å². The fourth-order valence-corrected chi connectivity index (χ4v) is 8.81. The molecule has 3 aromatic heterocycles. The fourth-order valence-electron chi connectivity index (χ4n) is 8.81. The lowest BCUT2D eigenvalue weighted by molar-refractivity contribution is 0.669. The Bertz CT molecular complexity index is 3480. The van der Waals surface area contributed by atoms with E-state index >= 15 is 0 Å². The van der Waals surface area contributed by atoms with Gasteiger partial charge in [-0.3, -0.25) is 0 Å². The minimum atomic E-state index is 0.850. The number of aromatic nitrogens is 1. The monoisotopic (exact) mass is 716 g/mol. The summed E-state index contributed by atoms with van der Waals surface area (Å²) in [7, 11) is 0. The lowest BCUT2D eigenvalue weighted by Gasteiger charge is -2.26. The van der Waals surface area contributed by atoms with Gasteiger partial charge in [0.15, 0.2) is 0 Å². The van der Waals surface area contributed by atoms with Gasteiger partial charge in [-0.15, -0.1) is 0 Å². The maximum atomic E-state index is 6.66. The Morgan fingerprint density at radius 3 is 1.95 bits per heavy atom. The first-order valence-corrected chi connectivity index (χ1v) is 19.0. The van der Waals surface area contributed by atoms with Gasteiger partial charge in [-0.1, -0.05) is 109 Å². The van der Waals surface area contributed by atoms with Crippen LogP contribution in [0.1, 0.15) is 0 Å². The highest BCUT2D eigenvalue weighted by Gasteiger charge is 2.22. The van der Waals surface area contributed by atoms with E-state index in [9.17, 15) is 0 Å². The van der Waals surface area contributed by atoms with Crippen LogP contribution in [0.15, 0.2) is 203 Å². The topological polar surface area (TPSA) is 34.5 Å². The van der Waals surface area contributed by atoms with Gasteiger partial charge in [0.2, 0.25) is 0 Å². The maximum absolute atomic E-state index is 6.66. The van der Waals surface area contributed by atoms with Crippen molar-refractivity contribution in [3.8, 4) is 16.8 Å². The largest absolute Gasteiger partial charge is 0.456 e. The van der Waals surface area contributed by atoms with E-state index in [1.165, 1.54) is 27.4 Å². The van der Waals surface area contributed by atoms with Crippen LogP contribution in [0.5, 0.6) is 0 Å². The zero-order valence-electron chi connectivity index (χ0n) is 30.2. The number of hydrogen-bond donors (Lipinski definition) is 0. The Morgan fingerprint density at radius 1 is 0.375 bits per heavy atom. The van der Waals surface area contributed by atoms with Gasteiger partial charge >= 0.3 is 0 Å². The molecule has 0 aliphatic heterocycles. The van der Waals surface area contributed by atoms with Gasteiger partial charge in [0, 0.05) is 55.4 Å². The zero-order valence-corrected chi connectivity index (χ0v) is 30.2. The van der Waals surface area contributed by atoms with E-state index in [4.69, 9.17) is 8.83 Å². The number of para-hydroxylation sites is 3. The average Bonchev–Trinajstić information content (AvgIpc) is 3.94. The average molecular weight is 717 g/mol. The summed E-state index contributed by atoms with van der Waals surface area (Å²) in [6, 6.07) is 69.0. The van der Waals surface area contributed by atoms with Gasteiger partial charge < -0.3 is 18.3 Å². The molecule has 0 atom stereocenters. The van der Waals surface area contributed by atoms with Crippen molar-refractivity contribution in [3.63, 3.8) is 0 Å². The Morgan fingerprint density at radius 2 is 1.05 bits per heavy atom. The van der Waals surface area contributed by atoms with Gasteiger partial charge in [0.25, 0.3) is 0 Å². The summed E-state index contributed by atoms with van der Waals surface area (Å²) in [6.45, 7) is 0. The van der Waals surface area contributed by atoms with Crippen LogP contribution < -0.4 is 4.90 Å². The number of hydrogen-bond acceptors (Lipinski definition) is 3. The summed E-state index contributed by atoms with van der Waals surface area (Å²) in [5.74, 6) is 0. The molecule has 0 aliphatic carbocycles. The van der Waals surface area contributed by atoms with Crippen molar-refractivity contribution in [2.24, 2.45) is 0 Å². The molecule has 0 aliphatic rings. The maximum Gasteiger partial charge on any atom is 0.143 e. The van der Waals surface area contributed by atoms with E-state index in [0.29, 0.717) is 0 Å². The second kappa shape index (κ2) is 12.0. The molecule has 12 aromatic rings. The fraction of sp³-hybridized carbons (Fsp3) is 0. The molecule has 12 rings (SSSR count). The van der Waals surface area contributed by atoms with Crippen molar-refractivity contribution >= 4 is 93.5 Å². The second-order valence-electron chi connectivity index (χ2n) is 14.5. The molecule has 0 saturated carbocycles. The number of fused-ring (bicyclic) bond motifs is 11. The first-order valence-electron chi connectivity index (χ1n) is 19.0. The quantitative estimate of drug-likeness (QED) is 0.178. The molecular formula is C52H32N2O2. The van der Waals surface area contributed by atoms with Crippen LogP contribution >= 0.6 is 0 Å². The molecule has 0 unspecified atom stereocenters. The van der Waals surface area contributed by atoms with Crippen LogP contribution in [0.3, 0.4) is 0 Å². The van der Waals surface area contributed by atoms with E-state index in [0.717, 1.165) is 83.0 Å². The summed E-state index contributed by atoms with van der Waals surface area (Å²) in [6.07, 6.45) is 0. The van der Waals surface area contributed by atoms with Crippen molar-refractivity contribution in [2.45, 2.75) is 0 Å². The molecule has 4 nitrogen and oxygen atoms in total. The van der Waals surface area contributed by atoms with Gasteiger partial charge in [-0.25, -0.2) is 0 Å². The standard InChI is InChI=1S/C52H32N2O2/c1-2-12-36(13-3-1)54-45-17-8-6-15-40(45)44-31-35(24-30-46(44)54)33-21-25-37(26-22-33)53(38-27-29-42-41-16-7-9-19-48(41)55-50(42)32-38)47-18-10-20-49-51(47)43-28-23-34-11-4-5-14-39(34)52(43)56-49/h1-32H. The van der Waals surface area contributed by atoms with Crippen LogP contribution in [0.4, 0.5) is 17.1 Å². The smallest absolute Gasteiger partial charge is 0.143 e. The molecule has 3 heterocycles. The molecular weight excluding hydrogens is 685 g/mol. The van der Waals surface area contributed by atoms with Crippen LogP contribution in [-0.4, -0.2) is 4.57 Å². The summed E-state index contributed by atoms with van der Waals surface area (Å²) < 4.78 is 15.5. The lowest BCUT2D eigenvalue weighted by atomic mass is 10.0. The number of nitrogens with zero attached hydrogens (tertiary/aromatic N) is 2. The first-order chi connectivity index (χ1) is 27.8. The van der Waals surface area contributed by atoms with Crippen molar-refractivity contribution in [2.75, 3.05) is 4.90 Å². The Balaban J connectivity index is 1.03. The predicted molar refractivity (Wildman–Crippen MR) is 233 cm³/mol. The van der Waals surface area contributed by atoms with E-state index < -0.39 is 0 Å². The molecule has 0 bridgehead atoms. The summed E-state index contributed by atoms with van der Waals surface area (Å²) in [4.78, 5) is 2.33. The van der Waals surface area contributed by atoms with Crippen molar-refractivity contribution in [3.05, 3.63) is 194 Å². The number of benzene rings is 9. The second-order valence-corrected chi connectivity index (χ2v) is 14.5. The predicted octanol–water partition coefficient (Wildman–Crippen LogP) is 14.9. The van der Waals surface area contributed by atoms with Gasteiger partial charge in [-0.05, 0) is 95.4 Å². The Kier molecular flexibility index (Phi) is 6.60. The molecule has 0 saturated heterocycles. The minimum Gasteiger partial charge on any atom is -0.456 e. The SMILES string of the molecule is c1ccc(-n2c3ccccc3c3cc(-c4ccc(N(c5ccc6c(c5)oc5ccccc56)c5cccc6oc7c8ccccc8ccc7c56)cc4)ccc32)cc1. The van der Waals surface area contributed by atoms with E-state index in [-0.39, 0.29) is 0 Å². The first kappa shape index (κ1) is 30.9. The molecule has 9 aromatic carbocycles. The van der Waals surface area contributed by atoms with E-state index in [2.05, 4.69) is 191 Å². The molecule has 0 N–H and O–H groups in total. The third kappa shape index (κ3) is 4.60. The van der Waals surface area contributed by atoms with Crippen LogP contribution in [0.2, 0.25) is 0 Å². The number of furan rings is 2. The van der Waals surface area contributed by atoms with Crippen molar-refractivity contribution in [1.82, 2.24) is 4.57 Å². The van der Waals surface area contributed by atoms with Crippen molar-refractivity contribution in [1.29, 1.82) is 0 Å².